The van der Waals surface area contributed by atoms with E-state index < -0.39 is 0 Å². The van der Waals surface area contributed by atoms with Gasteiger partial charge in [-0.3, -0.25) is 4.99 Å². The highest BCUT2D eigenvalue weighted by molar-refractivity contribution is 14.0. The molecule has 3 rings (SSSR count). The number of halogens is 2. The molecular formula is C22H35ClIN3O3. The van der Waals surface area contributed by atoms with Crippen molar-refractivity contribution in [2.45, 2.75) is 57.8 Å². The summed E-state index contributed by atoms with van der Waals surface area (Å²) < 4.78 is 17.6. The van der Waals surface area contributed by atoms with Crippen molar-refractivity contribution in [1.82, 2.24) is 10.2 Å². The number of nitrogens with one attached hydrogen (secondary N) is 1. The van der Waals surface area contributed by atoms with E-state index in [9.17, 15) is 0 Å². The van der Waals surface area contributed by atoms with Gasteiger partial charge in [0.2, 0.25) is 0 Å². The van der Waals surface area contributed by atoms with Crippen molar-refractivity contribution in [2.24, 2.45) is 4.99 Å². The first-order valence-electron chi connectivity index (χ1n) is 10.8. The van der Waals surface area contributed by atoms with Crippen molar-refractivity contribution in [1.29, 1.82) is 0 Å². The van der Waals surface area contributed by atoms with Gasteiger partial charge in [-0.15, -0.1) is 24.0 Å². The van der Waals surface area contributed by atoms with Crippen LogP contribution in [-0.2, 0) is 16.0 Å². The van der Waals surface area contributed by atoms with Crippen LogP contribution < -0.4 is 10.1 Å². The van der Waals surface area contributed by atoms with E-state index in [1.165, 1.54) is 12.8 Å². The number of benzene rings is 1. The second kappa shape index (κ2) is 13.6. The molecule has 0 aromatic heterocycles. The molecule has 1 N–H and O–H groups in total. The maximum Gasteiger partial charge on any atom is 0.193 e. The third-order valence-corrected chi connectivity index (χ3v) is 5.75. The van der Waals surface area contributed by atoms with E-state index in [4.69, 9.17) is 25.8 Å². The minimum atomic E-state index is 0. The lowest BCUT2D eigenvalue weighted by Crippen LogP contribution is -2.47. The van der Waals surface area contributed by atoms with E-state index in [2.05, 4.69) is 15.2 Å². The molecule has 2 aliphatic heterocycles. The van der Waals surface area contributed by atoms with Gasteiger partial charge >= 0.3 is 0 Å². The summed E-state index contributed by atoms with van der Waals surface area (Å²) in [6, 6.07) is 5.76. The Morgan fingerprint density at radius 2 is 2.07 bits per heavy atom. The molecule has 0 amide bonds. The predicted molar refractivity (Wildman–Crippen MR) is 132 cm³/mol. The molecule has 6 nitrogen and oxygen atoms in total. The van der Waals surface area contributed by atoms with Gasteiger partial charge in [0, 0.05) is 43.9 Å². The Hall–Kier alpha value is -0.770. The Morgan fingerprint density at radius 3 is 2.73 bits per heavy atom. The van der Waals surface area contributed by atoms with Crippen LogP contribution in [0.1, 0.15) is 44.6 Å². The van der Waals surface area contributed by atoms with Crippen LogP contribution in [0.25, 0.3) is 0 Å². The topological polar surface area (TPSA) is 55.3 Å². The van der Waals surface area contributed by atoms with Gasteiger partial charge in [0.05, 0.1) is 25.4 Å². The number of ether oxygens (including phenoxy) is 3. The zero-order valence-electron chi connectivity index (χ0n) is 18.1. The monoisotopic (exact) mass is 551 g/mol. The van der Waals surface area contributed by atoms with Crippen LogP contribution in [0.5, 0.6) is 5.75 Å². The summed E-state index contributed by atoms with van der Waals surface area (Å²) in [4.78, 5) is 6.77. The summed E-state index contributed by atoms with van der Waals surface area (Å²) in [7, 11) is 1.83. The second-order valence-electron chi connectivity index (χ2n) is 7.59. The number of aliphatic imine (C=N–C) groups is 1. The van der Waals surface area contributed by atoms with Gasteiger partial charge < -0.3 is 24.4 Å². The van der Waals surface area contributed by atoms with E-state index in [0.717, 1.165) is 62.8 Å². The average molecular weight is 552 g/mol. The van der Waals surface area contributed by atoms with Crippen molar-refractivity contribution < 1.29 is 14.2 Å². The molecule has 0 radical (unpaired) electrons. The largest absolute Gasteiger partial charge is 0.493 e. The first-order valence-corrected chi connectivity index (χ1v) is 11.2. The molecule has 1 aromatic carbocycles. The van der Waals surface area contributed by atoms with E-state index in [1.807, 2.05) is 32.2 Å². The minimum Gasteiger partial charge on any atom is -0.493 e. The highest BCUT2D eigenvalue weighted by atomic mass is 127. The van der Waals surface area contributed by atoms with Gasteiger partial charge in [-0.25, -0.2) is 0 Å². The molecule has 2 heterocycles. The van der Waals surface area contributed by atoms with Crippen LogP contribution in [0.2, 0.25) is 5.02 Å². The van der Waals surface area contributed by atoms with Gasteiger partial charge in [-0.2, -0.15) is 0 Å². The molecule has 2 aliphatic rings. The molecule has 0 bridgehead atoms. The standard InChI is InChI=1S/C22H34ClN3O3.HI/c1-3-27-21-14-18(23)8-7-17(21)15-25-22(24-2)26-11-9-19(10-12-26)29-16-20-6-4-5-13-28-20;/h7-8,14,19-20H,3-6,9-13,15-16H2,1-2H3,(H,24,25);1H. The Labute approximate surface area is 202 Å². The summed E-state index contributed by atoms with van der Waals surface area (Å²) in [5.41, 5.74) is 1.07. The summed E-state index contributed by atoms with van der Waals surface area (Å²) >= 11 is 6.10. The number of piperidine rings is 1. The highest BCUT2D eigenvalue weighted by Crippen LogP contribution is 2.24. The van der Waals surface area contributed by atoms with Gasteiger partial charge in [-0.1, -0.05) is 17.7 Å². The van der Waals surface area contributed by atoms with Crippen molar-refractivity contribution in [3.05, 3.63) is 28.8 Å². The molecule has 1 atom stereocenters. The van der Waals surface area contributed by atoms with Crippen LogP contribution in [0.4, 0.5) is 0 Å². The first kappa shape index (κ1) is 25.5. The van der Waals surface area contributed by atoms with Crippen molar-refractivity contribution >= 4 is 41.5 Å². The number of hydrogen-bond acceptors (Lipinski definition) is 4. The number of hydrogen-bond donors (Lipinski definition) is 1. The SMILES string of the molecule is CCOc1cc(Cl)ccc1CNC(=NC)N1CCC(OCC2CCCCO2)CC1.I. The molecule has 0 spiro atoms. The number of rotatable bonds is 7. The molecule has 8 heteroatoms. The summed E-state index contributed by atoms with van der Waals surface area (Å²) in [6.07, 6.45) is 6.20. The van der Waals surface area contributed by atoms with Crippen LogP contribution in [-0.4, -0.2) is 63.0 Å². The van der Waals surface area contributed by atoms with Crippen molar-refractivity contribution in [3.63, 3.8) is 0 Å². The van der Waals surface area contributed by atoms with Gasteiger partial charge in [-0.05, 0) is 51.2 Å². The van der Waals surface area contributed by atoms with E-state index in [0.29, 0.717) is 24.3 Å². The lowest BCUT2D eigenvalue weighted by molar-refractivity contribution is -0.0721. The summed E-state index contributed by atoms with van der Waals surface area (Å²) in [6.45, 7) is 6.73. The number of guanidine groups is 1. The Morgan fingerprint density at radius 1 is 1.27 bits per heavy atom. The third-order valence-electron chi connectivity index (χ3n) is 5.51. The molecule has 0 aliphatic carbocycles. The van der Waals surface area contributed by atoms with Gasteiger partial charge in [0.15, 0.2) is 5.96 Å². The Bertz CT molecular complexity index is 663. The van der Waals surface area contributed by atoms with E-state index >= 15 is 0 Å². The second-order valence-corrected chi connectivity index (χ2v) is 8.03. The quantitative estimate of drug-likeness (QED) is 0.308. The molecule has 170 valence electrons. The number of nitrogens with zero attached hydrogens (tertiary/aromatic N) is 2. The Kier molecular flexibility index (Phi) is 11.6. The zero-order chi connectivity index (χ0) is 20.5. The van der Waals surface area contributed by atoms with Crippen LogP contribution in [0, 0.1) is 0 Å². The zero-order valence-corrected chi connectivity index (χ0v) is 21.2. The Balaban J connectivity index is 0.00000320. The maximum atomic E-state index is 6.13. The maximum absolute atomic E-state index is 6.13. The molecule has 1 aromatic rings. The van der Waals surface area contributed by atoms with Gasteiger partial charge in [0.1, 0.15) is 5.75 Å². The predicted octanol–water partition coefficient (Wildman–Crippen LogP) is 4.48. The molecule has 2 fully saturated rings. The number of likely N-dealkylation sites (tertiary alicyclic amines) is 1. The lowest BCUT2D eigenvalue weighted by atomic mass is 10.1. The van der Waals surface area contributed by atoms with Crippen LogP contribution in [0.15, 0.2) is 23.2 Å². The molecule has 0 saturated carbocycles. The fourth-order valence-electron chi connectivity index (χ4n) is 3.89. The van der Waals surface area contributed by atoms with Crippen molar-refractivity contribution in [2.75, 3.05) is 40.0 Å². The fraction of sp³-hybridized carbons (Fsp3) is 0.682. The normalized spacial score (nSPS) is 20.6. The van der Waals surface area contributed by atoms with Gasteiger partial charge in [0.25, 0.3) is 0 Å². The highest BCUT2D eigenvalue weighted by Gasteiger charge is 2.24. The summed E-state index contributed by atoms with van der Waals surface area (Å²) in [5.74, 6) is 1.73. The molecule has 30 heavy (non-hydrogen) atoms. The average Bonchev–Trinajstić information content (AvgIpc) is 2.76. The van der Waals surface area contributed by atoms with E-state index in [1.54, 1.807) is 0 Å². The molecule has 1 unspecified atom stereocenters. The van der Waals surface area contributed by atoms with Crippen LogP contribution >= 0.6 is 35.6 Å². The lowest BCUT2D eigenvalue weighted by Gasteiger charge is -2.35. The fourth-order valence-corrected chi connectivity index (χ4v) is 4.05. The first-order chi connectivity index (χ1) is 14.2. The van der Waals surface area contributed by atoms with Crippen molar-refractivity contribution in [3.8, 4) is 5.75 Å². The smallest absolute Gasteiger partial charge is 0.193 e. The minimum absolute atomic E-state index is 0. The van der Waals surface area contributed by atoms with E-state index in [-0.39, 0.29) is 30.1 Å². The van der Waals surface area contributed by atoms with Crippen LogP contribution in [0.3, 0.4) is 0 Å². The third kappa shape index (κ3) is 7.73. The summed E-state index contributed by atoms with van der Waals surface area (Å²) in [5, 5.41) is 4.15. The molecular weight excluding hydrogens is 517 g/mol. The molecule has 2 saturated heterocycles.